The lowest BCUT2D eigenvalue weighted by Crippen LogP contribution is -2.42. The van der Waals surface area contributed by atoms with Crippen LogP contribution in [0.5, 0.6) is 0 Å². The van der Waals surface area contributed by atoms with Gasteiger partial charge in [-0.1, -0.05) is 42.5 Å². The first-order valence-corrected chi connectivity index (χ1v) is 9.35. The third kappa shape index (κ3) is 4.87. The third-order valence-electron chi connectivity index (χ3n) is 5.03. The van der Waals surface area contributed by atoms with Crippen molar-refractivity contribution >= 4 is 23.7 Å². The van der Waals surface area contributed by atoms with E-state index in [1.54, 1.807) is 24.3 Å². The Morgan fingerprint density at radius 1 is 1.07 bits per heavy atom. The lowest BCUT2D eigenvalue weighted by atomic mass is 9.97. The molecule has 29 heavy (non-hydrogen) atoms. The Morgan fingerprint density at radius 2 is 1.72 bits per heavy atom. The van der Waals surface area contributed by atoms with Crippen LogP contribution < -0.4 is 5.32 Å². The number of rotatable bonds is 7. The summed E-state index contributed by atoms with van der Waals surface area (Å²) in [6, 6.07) is 14.9. The second kappa shape index (κ2) is 8.68. The number of carbonyl (C=O) groups excluding carboxylic acids is 3. The second-order valence-electron chi connectivity index (χ2n) is 7.15. The molecule has 1 heterocycles. The van der Waals surface area contributed by atoms with Crippen molar-refractivity contribution in [2.45, 2.75) is 32.4 Å². The van der Waals surface area contributed by atoms with Crippen molar-refractivity contribution < 1.29 is 24.3 Å². The maximum atomic E-state index is 13.0. The van der Waals surface area contributed by atoms with Crippen LogP contribution in [-0.4, -0.2) is 39.7 Å². The molecule has 3 rings (SSSR count). The predicted octanol–water partition coefficient (Wildman–Crippen LogP) is 2.01. The van der Waals surface area contributed by atoms with Gasteiger partial charge in [-0.3, -0.25) is 19.7 Å². The van der Waals surface area contributed by atoms with Crippen molar-refractivity contribution in [3.63, 3.8) is 0 Å². The van der Waals surface area contributed by atoms with Gasteiger partial charge in [0.2, 0.25) is 11.8 Å². The number of nitrogens with zero attached hydrogens (tertiary/aromatic N) is 1. The molecule has 150 valence electrons. The molecule has 1 saturated heterocycles. The summed E-state index contributed by atoms with van der Waals surface area (Å²) in [5.41, 5.74) is 2.03. The second-order valence-corrected chi connectivity index (χ2v) is 7.15. The number of benzene rings is 2. The van der Waals surface area contributed by atoms with Crippen LogP contribution in [-0.2, 0) is 27.3 Å². The van der Waals surface area contributed by atoms with E-state index in [-0.39, 0.29) is 30.7 Å². The minimum absolute atomic E-state index is 0.167. The van der Waals surface area contributed by atoms with E-state index in [9.17, 15) is 24.3 Å². The average Bonchev–Trinajstić information content (AvgIpc) is 3.03. The molecular formula is C22H22N2O5. The number of hydrogen-bond acceptors (Lipinski definition) is 4. The summed E-state index contributed by atoms with van der Waals surface area (Å²) in [5, 5.41) is 11.7. The summed E-state index contributed by atoms with van der Waals surface area (Å²) < 4.78 is 0. The lowest BCUT2D eigenvalue weighted by molar-refractivity contribution is -0.142. The molecule has 2 unspecified atom stereocenters. The molecule has 2 atom stereocenters. The van der Waals surface area contributed by atoms with E-state index in [0.717, 1.165) is 11.1 Å². The van der Waals surface area contributed by atoms with E-state index in [4.69, 9.17) is 0 Å². The molecule has 2 N–H and O–H groups in total. The van der Waals surface area contributed by atoms with Gasteiger partial charge in [0.1, 0.15) is 6.04 Å². The van der Waals surface area contributed by atoms with Gasteiger partial charge in [0.05, 0.1) is 5.92 Å². The molecule has 2 aromatic rings. The molecule has 3 amide bonds. The Kier molecular flexibility index (Phi) is 6.07. The SMILES string of the molecule is CC(C(=O)O)N(Cc1ccccc1)C(=O)c1ccc(CC2CC(=O)NC2=O)cc1. The smallest absolute Gasteiger partial charge is 0.326 e. The van der Waals surface area contributed by atoms with Gasteiger partial charge in [-0.25, -0.2) is 4.79 Å². The highest BCUT2D eigenvalue weighted by Crippen LogP contribution is 2.19. The van der Waals surface area contributed by atoms with Crippen LogP contribution in [0.25, 0.3) is 0 Å². The van der Waals surface area contributed by atoms with Crippen LogP contribution in [0.15, 0.2) is 54.6 Å². The summed E-state index contributed by atoms with van der Waals surface area (Å²) in [6.07, 6.45) is 0.575. The first kappa shape index (κ1) is 20.3. The monoisotopic (exact) mass is 394 g/mol. The molecule has 7 nitrogen and oxygen atoms in total. The molecule has 0 bridgehead atoms. The summed E-state index contributed by atoms with van der Waals surface area (Å²) in [7, 11) is 0. The molecule has 1 fully saturated rings. The number of aliphatic carboxylic acids is 1. The van der Waals surface area contributed by atoms with Crippen molar-refractivity contribution in [2.24, 2.45) is 5.92 Å². The average molecular weight is 394 g/mol. The maximum Gasteiger partial charge on any atom is 0.326 e. The molecule has 0 aromatic heterocycles. The van der Waals surface area contributed by atoms with Gasteiger partial charge in [0.25, 0.3) is 5.91 Å². The van der Waals surface area contributed by atoms with E-state index in [1.807, 2.05) is 30.3 Å². The van der Waals surface area contributed by atoms with E-state index in [0.29, 0.717) is 12.0 Å². The normalized spacial score (nSPS) is 16.9. The number of nitrogens with one attached hydrogen (secondary N) is 1. The van der Waals surface area contributed by atoms with Gasteiger partial charge in [0, 0.05) is 18.5 Å². The summed E-state index contributed by atoms with van der Waals surface area (Å²) >= 11 is 0. The minimum atomic E-state index is -1.08. The van der Waals surface area contributed by atoms with Crippen molar-refractivity contribution in [3.8, 4) is 0 Å². The summed E-state index contributed by atoms with van der Waals surface area (Å²) in [5.74, 6) is -2.41. The van der Waals surface area contributed by atoms with E-state index < -0.39 is 17.9 Å². The van der Waals surface area contributed by atoms with Gasteiger partial charge < -0.3 is 10.0 Å². The van der Waals surface area contributed by atoms with E-state index in [1.165, 1.54) is 11.8 Å². The van der Waals surface area contributed by atoms with Crippen LogP contribution >= 0.6 is 0 Å². The molecule has 7 heteroatoms. The first-order chi connectivity index (χ1) is 13.8. The minimum Gasteiger partial charge on any atom is -0.480 e. The number of imide groups is 1. The predicted molar refractivity (Wildman–Crippen MR) is 105 cm³/mol. The molecule has 0 radical (unpaired) electrons. The fourth-order valence-electron chi connectivity index (χ4n) is 3.30. The number of amides is 3. The zero-order valence-electron chi connectivity index (χ0n) is 16.0. The number of hydrogen-bond donors (Lipinski definition) is 2. The first-order valence-electron chi connectivity index (χ1n) is 9.35. The molecule has 1 aliphatic heterocycles. The molecule has 0 aliphatic carbocycles. The zero-order valence-corrected chi connectivity index (χ0v) is 16.0. The fourth-order valence-corrected chi connectivity index (χ4v) is 3.30. The van der Waals surface area contributed by atoms with Gasteiger partial charge in [0.15, 0.2) is 0 Å². The molecule has 0 spiro atoms. The topological polar surface area (TPSA) is 104 Å². The maximum absolute atomic E-state index is 13.0. The van der Waals surface area contributed by atoms with Crippen molar-refractivity contribution in [1.82, 2.24) is 10.2 Å². The van der Waals surface area contributed by atoms with Crippen LogP contribution in [0.3, 0.4) is 0 Å². The highest BCUT2D eigenvalue weighted by atomic mass is 16.4. The van der Waals surface area contributed by atoms with Crippen molar-refractivity contribution in [3.05, 3.63) is 71.3 Å². The van der Waals surface area contributed by atoms with Crippen molar-refractivity contribution in [2.75, 3.05) is 0 Å². The van der Waals surface area contributed by atoms with Gasteiger partial charge in [-0.2, -0.15) is 0 Å². The molecule has 1 aliphatic rings. The Morgan fingerprint density at radius 3 is 2.28 bits per heavy atom. The van der Waals surface area contributed by atoms with E-state index >= 15 is 0 Å². The molecule has 0 saturated carbocycles. The van der Waals surface area contributed by atoms with Crippen LogP contribution in [0.1, 0.15) is 34.8 Å². The van der Waals surface area contributed by atoms with Crippen molar-refractivity contribution in [1.29, 1.82) is 0 Å². The lowest BCUT2D eigenvalue weighted by Gasteiger charge is -2.27. The standard InChI is InChI=1S/C22H22N2O5/c1-14(22(28)29)24(13-16-5-3-2-4-6-16)21(27)17-9-7-15(8-10-17)11-18-12-19(25)23-20(18)26/h2-10,14,18H,11-13H2,1H3,(H,28,29)(H,23,25,26). The highest BCUT2D eigenvalue weighted by molar-refractivity contribution is 6.03. The van der Waals surface area contributed by atoms with Gasteiger partial charge in [-0.15, -0.1) is 0 Å². The Labute approximate surface area is 168 Å². The van der Waals surface area contributed by atoms with E-state index in [2.05, 4.69) is 5.32 Å². The Hall–Kier alpha value is -3.48. The summed E-state index contributed by atoms with van der Waals surface area (Å²) in [6.45, 7) is 1.66. The number of carboxylic acids is 1. The highest BCUT2D eigenvalue weighted by Gasteiger charge is 2.30. The van der Waals surface area contributed by atoms with Gasteiger partial charge in [-0.05, 0) is 36.6 Å². The quantitative estimate of drug-likeness (QED) is 0.699. The molecular weight excluding hydrogens is 372 g/mol. The Bertz CT molecular complexity index is 924. The zero-order chi connectivity index (χ0) is 21.0. The largest absolute Gasteiger partial charge is 0.480 e. The van der Waals surface area contributed by atoms with Crippen LogP contribution in [0, 0.1) is 5.92 Å². The third-order valence-corrected chi connectivity index (χ3v) is 5.03. The fraction of sp³-hybridized carbons (Fsp3) is 0.273. The summed E-state index contributed by atoms with van der Waals surface area (Å²) in [4.78, 5) is 48.9. The van der Waals surface area contributed by atoms with Gasteiger partial charge >= 0.3 is 5.97 Å². The number of carbonyl (C=O) groups is 4. The Balaban J connectivity index is 1.75. The number of carboxylic acid groups (broad SMARTS) is 1. The van der Waals surface area contributed by atoms with Crippen LogP contribution in [0.4, 0.5) is 0 Å². The van der Waals surface area contributed by atoms with Crippen LogP contribution in [0.2, 0.25) is 0 Å². The molecule has 2 aromatic carbocycles.